The molecule has 7 heteroatoms. The summed E-state index contributed by atoms with van der Waals surface area (Å²) in [5, 5.41) is 24.3. The van der Waals surface area contributed by atoms with Gasteiger partial charge in [-0.15, -0.1) is 0 Å². The lowest BCUT2D eigenvalue weighted by Crippen LogP contribution is -2.21. The second kappa shape index (κ2) is 6.28. The van der Waals surface area contributed by atoms with E-state index in [1.54, 1.807) is 36.4 Å². The van der Waals surface area contributed by atoms with E-state index < -0.39 is 11.7 Å². The van der Waals surface area contributed by atoms with Crippen molar-refractivity contribution in [1.29, 1.82) is 5.26 Å². The van der Waals surface area contributed by atoms with E-state index in [0.29, 0.717) is 5.56 Å². The molecule has 0 saturated heterocycles. The van der Waals surface area contributed by atoms with E-state index in [9.17, 15) is 20.0 Å². The van der Waals surface area contributed by atoms with E-state index in [1.807, 2.05) is 24.3 Å². The maximum Gasteiger partial charge on any atom is 0.287 e. The molecule has 3 aromatic rings. The van der Waals surface area contributed by atoms with Crippen molar-refractivity contribution in [1.82, 2.24) is 10.4 Å². The highest BCUT2D eigenvalue weighted by Gasteiger charge is 2.33. The Hall–Kier alpha value is -4.18. The first-order valence-corrected chi connectivity index (χ1v) is 8.03. The minimum Gasteiger partial charge on any atom is -0.506 e. The number of ketones is 1. The molecule has 1 aliphatic carbocycles. The van der Waals surface area contributed by atoms with Crippen LogP contribution < -0.4 is 5.43 Å². The Morgan fingerprint density at radius 3 is 2.52 bits per heavy atom. The van der Waals surface area contributed by atoms with E-state index >= 15 is 0 Å². The summed E-state index contributed by atoms with van der Waals surface area (Å²) in [6.07, 6.45) is 0. The van der Waals surface area contributed by atoms with Gasteiger partial charge in [-0.25, -0.2) is 5.43 Å². The molecule has 1 aromatic heterocycles. The smallest absolute Gasteiger partial charge is 0.287 e. The molecule has 27 heavy (non-hydrogen) atoms. The number of aliphatic hydroxyl groups excluding tert-OH is 1. The van der Waals surface area contributed by atoms with Gasteiger partial charge in [0.15, 0.2) is 5.71 Å². The minimum absolute atomic E-state index is 0.226. The van der Waals surface area contributed by atoms with E-state index in [-0.39, 0.29) is 28.3 Å². The number of benzene rings is 2. The van der Waals surface area contributed by atoms with Crippen LogP contribution in [0.1, 0.15) is 26.4 Å². The molecule has 0 saturated carbocycles. The predicted molar refractivity (Wildman–Crippen MR) is 99.1 cm³/mol. The molecule has 0 atom stereocenters. The number of fused-ring (bicyclic) bond motifs is 2. The molecular weight excluding hydrogens is 344 g/mol. The molecule has 4 rings (SSSR count). The first-order chi connectivity index (χ1) is 13.1. The van der Waals surface area contributed by atoms with Gasteiger partial charge in [0.2, 0.25) is 5.78 Å². The van der Waals surface area contributed by atoms with E-state index in [0.717, 1.165) is 10.9 Å². The lowest BCUT2D eigenvalue weighted by atomic mass is 10.1. The zero-order valence-corrected chi connectivity index (χ0v) is 13.9. The number of amides is 1. The Balaban J connectivity index is 1.63. The molecule has 0 bridgehead atoms. The van der Waals surface area contributed by atoms with Crippen molar-refractivity contribution >= 4 is 34.1 Å². The number of nitriles is 1. The molecule has 1 heterocycles. The summed E-state index contributed by atoms with van der Waals surface area (Å²) in [5.74, 6) is -1.40. The number of rotatable bonds is 3. The van der Waals surface area contributed by atoms with Gasteiger partial charge in [-0.2, -0.15) is 10.4 Å². The molecule has 0 spiro atoms. The van der Waals surface area contributed by atoms with Crippen LogP contribution in [0, 0.1) is 11.3 Å². The molecule has 7 nitrogen and oxygen atoms in total. The van der Waals surface area contributed by atoms with Crippen molar-refractivity contribution < 1.29 is 14.7 Å². The van der Waals surface area contributed by atoms with Crippen molar-refractivity contribution in [2.24, 2.45) is 5.10 Å². The first-order valence-electron chi connectivity index (χ1n) is 8.03. The van der Waals surface area contributed by atoms with Crippen LogP contribution in [0.2, 0.25) is 0 Å². The van der Waals surface area contributed by atoms with Gasteiger partial charge in [0, 0.05) is 22.0 Å². The van der Waals surface area contributed by atoms with Crippen molar-refractivity contribution in [3.8, 4) is 6.07 Å². The standard InChI is InChI=1S/C20H12N4O3/c21-10-16(17-18(25)12-6-2-3-7-13(12)19(17)26)23-24-20(27)15-9-11-5-1-4-8-14(11)22-15/h1-9,22,25H,(H,24,27)/b23-16+. The molecule has 0 unspecified atom stereocenters. The highest BCUT2D eigenvalue weighted by atomic mass is 16.3. The molecule has 1 aliphatic rings. The maximum atomic E-state index is 12.5. The Bertz CT molecular complexity index is 1180. The Morgan fingerprint density at radius 2 is 1.81 bits per heavy atom. The highest BCUT2D eigenvalue weighted by molar-refractivity contribution is 6.39. The predicted octanol–water partition coefficient (Wildman–Crippen LogP) is 2.94. The number of para-hydroxylation sites is 1. The van der Waals surface area contributed by atoms with Crippen LogP contribution in [-0.2, 0) is 0 Å². The van der Waals surface area contributed by atoms with Gasteiger partial charge in [-0.3, -0.25) is 9.59 Å². The molecule has 130 valence electrons. The number of aromatic amines is 1. The van der Waals surface area contributed by atoms with Gasteiger partial charge in [0.05, 0.1) is 0 Å². The number of Topliss-reactive ketones (excluding diaryl/α,β-unsaturated/α-hetero) is 1. The van der Waals surface area contributed by atoms with E-state index in [4.69, 9.17) is 0 Å². The number of H-pyrrole nitrogens is 1. The Labute approximate surface area is 153 Å². The third-order valence-corrected chi connectivity index (χ3v) is 4.28. The summed E-state index contributed by atoms with van der Waals surface area (Å²) in [7, 11) is 0. The van der Waals surface area contributed by atoms with Gasteiger partial charge in [-0.1, -0.05) is 42.5 Å². The molecule has 3 N–H and O–H groups in total. The summed E-state index contributed by atoms with van der Waals surface area (Å²) in [6, 6.07) is 17.2. The molecule has 0 aliphatic heterocycles. The maximum absolute atomic E-state index is 12.5. The average Bonchev–Trinajstić information content (AvgIpc) is 3.23. The van der Waals surface area contributed by atoms with Crippen LogP contribution in [0.4, 0.5) is 0 Å². The van der Waals surface area contributed by atoms with Gasteiger partial charge < -0.3 is 10.1 Å². The zero-order chi connectivity index (χ0) is 19.0. The number of aromatic nitrogens is 1. The van der Waals surface area contributed by atoms with Gasteiger partial charge >= 0.3 is 0 Å². The van der Waals surface area contributed by atoms with Crippen molar-refractivity contribution in [2.45, 2.75) is 0 Å². The highest BCUT2D eigenvalue weighted by Crippen LogP contribution is 2.31. The van der Waals surface area contributed by atoms with E-state index in [1.165, 1.54) is 0 Å². The lowest BCUT2D eigenvalue weighted by Gasteiger charge is -2.01. The molecule has 0 radical (unpaired) electrons. The second-order valence-corrected chi connectivity index (χ2v) is 5.88. The number of hydrogen-bond donors (Lipinski definition) is 3. The van der Waals surface area contributed by atoms with Gasteiger partial charge in [-0.05, 0) is 12.1 Å². The fourth-order valence-corrected chi connectivity index (χ4v) is 2.98. The zero-order valence-electron chi connectivity index (χ0n) is 13.9. The second-order valence-electron chi connectivity index (χ2n) is 5.88. The third-order valence-electron chi connectivity index (χ3n) is 4.28. The fourth-order valence-electron chi connectivity index (χ4n) is 2.98. The lowest BCUT2D eigenvalue weighted by molar-refractivity contribution is 0.0949. The van der Waals surface area contributed by atoms with Crippen LogP contribution in [0.3, 0.4) is 0 Å². The average molecular weight is 356 g/mol. The summed E-state index contributed by atoms with van der Waals surface area (Å²) >= 11 is 0. The monoisotopic (exact) mass is 356 g/mol. The number of hydrogen-bond acceptors (Lipinski definition) is 5. The summed E-state index contributed by atoms with van der Waals surface area (Å²) < 4.78 is 0. The van der Waals surface area contributed by atoms with Crippen LogP contribution in [0.25, 0.3) is 16.7 Å². The van der Waals surface area contributed by atoms with Crippen molar-refractivity contribution in [3.05, 3.63) is 77.0 Å². The summed E-state index contributed by atoms with van der Waals surface area (Å²) in [6.45, 7) is 0. The Kier molecular flexibility index (Phi) is 3.79. The number of hydrazone groups is 1. The van der Waals surface area contributed by atoms with Crippen LogP contribution in [-0.4, -0.2) is 27.5 Å². The largest absolute Gasteiger partial charge is 0.506 e. The molecule has 1 amide bonds. The number of allylic oxidation sites excluding steroid dienone is 1. The van der Waals surface area contributed by atoms with Crippen molar-refractivity contribution in [3.63, 3.8) is 0 Å². The van der Waals surface area contributed by atoms with Crippen LogP contribution in [0.5, 0.6) is 0 Å². The topological polar surface area (TPSA) is 118 Å². The normalized spacial score (nSPS) is 13.6. The number of carbonyl (C=O) groups is 2. The number of nitrogens with one attached hydrogen (secondary N) is 2. The van der Waals surface area contributed by atoms with Crippen molar-refractivity contribution in [2.75, 3.05) is 0 Å². The van der Waals surface area contributed by atoms with E-state index in [2.05, 4.69) is 15.5 Å². The third kappa shape index (κ3) is 2.65. The minimum atomic E-state index is -0.568. The number of aliphatic hydroxyl groups is 1. The number of nitrogens with zero attached hydrogens (tertiary/aromatic N) is 2. The SMILES string of the molecule is N#C/C(=N\NC(=O)c1cc2ccccc2[nH]1)C1=C(O)c2ccccc2C1=O. The summed E-state index contributed by atoms with van der Waals surface area (Å²) in [4.78, 5) is 27.7. The van der Waals surface area contributed by atoms with Crippen LogP contribution >= 0.6 is 0 Å². The van der Waals surface area contributed by atoms with Crippen LogP contribution in [0.15, 0.2) is 65.3 Å². The fraction of sp³-hybridized carbons (Fsp3) is 0. The molecule has 0 fully saturated rings. The quantitative estimate of drug-likeness (QED) is 0.494. The molecular formula is C20H12N4O3. The van der Waals surface area contributed by atoms with Gasteiger partial charge in [0.25, 0.3) is 5.91 Å². The first kappa shape index (κ1) is 16.3. The number of carbonyl (C=O) groups excluding carboxylic acids is 2. The van der Waals surface area contributed by atoms with Gasteiger partial charge in [0.1, 0.15) is 23.1 Å². The Morgan fingerprint density at radius 1 is 1.11 bits per heavy atom. The summed E-state index contributed by atoms with van der Waals surface area (Å²) in [5.41, 5.74) is 3.33. The molecule has 2 aromatic carbocycles.